The summed E-state index contributed by atoms with van der Waals surface area (Å²) in [6.07, 6.45) is 0. The molecule has 2 aromatic rings. The van der Waals surface area contributed by atoms with Crippen LogP contribution in [-0.2, 0) is 16.2 Å². The molecule has 0 bridgehead atoms. The Morgan fingerprint density at radius 3 is 2.83 bits per heavy atom. The fraction of sp³-hybridized carbons (Fsp3) is 0.176. The maximum absolute atomic E-state index is 10.9. The number of nitrogens with two attached hydrogens (primary N) is 1. The van der Waals surface area contributed by atoms with E-state index in [0.29, 0.717) is 30.9 Å². The molecule has 1 atom stereocenters. The molecule has 7 heteroatoms. The van der Waals surface area contributed by atoms with Gasteiger partial charge >= 0.3 is 6.47 Å². The van der Waals surface area contributed by atoms with Crippen molar-refractivity contribution in [3.63, 3.8) is 0 Å². The van der Waals surface area contributed by atoms with Crippen LogP contribution in [0.1, 0.15) is 22.7 Å². The number of nitrogens with zero attached hydrogens (tertiary/aromatic N) is 2. The van der Waals surface area contributed by atoms with Gasteiger partial charge in [-0.2, -0.15) is 0 Å². The Balaban J connectivity index is 1.94. The number of amidine groups is 1. The monoisotopic (exact) mass is 327 g/mol. The van der Waals surface area contributed by atoms with Crippen molar-refractivity contribution in [2.45, 2.75) is 12.6 Å². The molecule has 0 saturated carbocycles. The first-order chi connectivity index (χ1) is 11.7. The Morgan fingerprint density at radius 2 is 2.12 bits per heavy atom. The van der Waals surface area contributed by atoms with Crippen molar-refractivity contribution in [3.05, 3.63) is 65.2 Å². The van der Waals surface area contributed by atoms with Crippen LogP contribution in [0, 0.1) is 0 Å². The number of hydrogen-bond acceptors (Lipinski definition) is 6. The van der Waals surface area contributed by atoms with Crippen molar-refractivity contribution in [2.24, 2.45) is 10.9 Å². The molecule has 3 rings (SSSR count). The van der Waals surface area contributed by atoms with Crippen LogP contribution in [0.4, 0.5) is 0 Å². The van der Waals surface area contributed by atoms with Gasteiger partial charge in [0.1, 0.15) is 18.4 Å². The topological polar surface area (TPSA) is 97.4 Å². The van der Waals surface area contributed by atoms with E-state index >= 15 is 0 Å². The highest BCUT2D eigenvalue weighted by atomic mass is 16.7. The van der Waals surface area contributed by atoms with Crippen LogP contribution in [0.3, 0.4) is 0 Å². The van der Waals surface area contributed by atoms with Crippen LogP contribution in [0.5, 0.6) is 5.75 Å². The summed E-state index contributed by atoms with van der Waals surface area (Å²) in [4.78, 5) is 16.1. The average molecular weight is 327 g/mol. The van der Waals surface area contributed by atoms with E-state index in [4.69, 9.17) is 20.5 Å². The fourth-order valence-electron chi connectivity index (χ4n) is 2.67. The largest absolute Gasteiger partial charge is 0.491 e. The van der Waals surface area contributed by atoms with Crippen molar-refractivity contribution in [1.82, 2.24) is 5.06 Å². The zero-order chi connectivity index (χ0) is 16.9. The molecule has 1 aliphatic heterocycles. The number of fused-ring (bicyclic) bond motifs is 1. The number of carbonyl (C=O) groups excluding carboxylic acids is 1. The molecule has 0 aliphatic carbocycles. The summed E-state index contributed by atoms with van der Waals surface area (Å²) in [5.41, 5.74) is 7.99. The van der Waals surface area contributed by atoms with Crippen LogP contribution in [0.25, 0.3) is 0 Å². The van der Waals surface area contributed by atoms with Crippen LogP contribution < -0.4 is 10.5 Å². The molecule has 7 nitrogen and oxygen atoms in total. The lowest BCUT2D eigenvalue weighted by molar-refractivity contribution is -0.192. The normalized spacial score (nSPS) is 18.2. The van der Waals surface area contributed by atoms with Gasteiger partial charge in [-0.3, -0.25) is 4.79 Å². The second-order valence-electron chi connectivity index (χ2n) is 5.32. The van der Waals surface area contributed by atoms with E-state index in [1.54, 1.807) is 23.3 Å². The Kier molecular flexibility index (Phi) is 4.62. The van der Waals surface area contributed by atoms with Crippen molar-refractivity contribution < 1.29 is 19.6 Å². The molecule has 124 valence electrons. The van der Waals surface area contributed by atoms with E-state index in [9.17, 15) is 4.79 Å². The van der Waals surface area contributed by atoms with Crippen molar-refractivity contribution in [3.8, 4) is 5.75 Å². The molecule has 0 aromatic heterocycles. The molecule has 0 spiro atoms. The van der Waals surface area contributed by atoms with Crippen molar-refractivity contribution in [2.75, 3.05) is 6.61 Å². The summed E-state index contributed by atoms with van der Waals surface area (Å²) in [5, 5.41) is 13.4. The third kappa shape index (κ3) is 3.16. The van der Waals surface area contributed by atoms with Gasteiger partial charge in [0.15, 0.2) is 5.84 Å². The smallest absolute Gasteiger partial charge is 0.313 e. The minimum absolute atomic E-state index is 0.00579. The number of ether oxygens (including phenoxy) is 1. The van der Waals surface area contributed by atoms with Crippen LogP contribution in [-0.4, -0.2) is 29.2 Å². The van der Waals surface area contributed by atoms with Gasteiger partial charge in [0.2, 0.25) is 0 Å². The highest BCUT2D eigenvalue weighted by Crippen LogP contribution is 2.32. The van der Waals surface area contributed by atoms with E-state index in [2.05, 4.69) is 5.16 Å². The SMILES string of the molecule is NC(=NO)c1ccc2c(c1)OC[C@H](c1ccccc1)N(OC=O)C2. The zero-order valence-corrected chi connectivity index (χ0v) is 12.8. The van der Waals surface area contributed by atoms with Crippen LogP contribution in [0.2, 0.25) is 0 Å². The molecule has 2 aromatic carbocycles. The van der Waals surface area contributed by atoms with Gasteiger partial charge in [0.05, 0.1) is 6.54 Å². The Morgan fingerprint density at radius 1 is 1.33 bits per heavy atom. The molecule has 0 fully saturated rings. The second kappa shape index (κ2) is 7.01. The maximum atomic E-state index is 10.9. The Labute approximate surface area is 138 Å². The van der Waals surface area contributed by atoms with E-state index in [1.807, 2.05) is 30.3 Å². The standard InChI is InChI=1S/C17H17N3O4/c18-17(19-22)13-6-7-14-9-20(24-11-21)15(10-23-16(14)8-13)12-4-2-1-3-5-12/h1-8,11,15,22H,9-10H2,(H2,18,19)/t15-/m1/s1. The first-order valence-electron chi connectivity index (χ1n) is 7.38. The molecule has 1 aliphatic rings. The number of oxime groups is 1. The van der Waals surface area contributed by atoms with Gasteiger partial charge in [-0.05, 0) is 11.6 Å². The number of hydrogen-bond donors (Lipinski definition) is 2. The van der Waals surface area contributed by atoms with Gasteiger partial charge in [0, 0.05) is 11.1 Å². The average Bonchev–Trinajstić information content (AvgIpc) is 2.80. The number of benzene rings is 2. The molecule has 0 radical (unpaired) electrons. The van der Waals surface area contributed by atoms with Crippen molar-refractivity contribution >= 4 is 12.3 Å². The minimum atomic E-state index is -0.240. The predicted octanol–water partition coefficient (Wildman–Crippen LogP) is 1.80. The predicted molar refractivity (Wildman–Crippen MR) is 86.3 cm³/mol. The highest BCUT2D eigenvalue weighted by Gasteiger charge is 2.28. The molecule has 1 heterocycles. The highest BCUT2D eigenvalue weighted by molar-refractivity contribution is 5.97. The quantitative estimate of drug-likeness (QED) is 0.292. The van der Waals surface area contributed by atoms with E-state index in [0.717, 1.165) is 11.1 Å². The summed E-state index contributed by atoms with van der Waals surface area (Å²) in [6, 6.07) is 14.7. The Hall–Kier alpha value is -3.06. The van der Waals surface area contributed by atoms with Gasteiger partial charge in [-0.1, -0.05) is 47.6 Å². The molecule has 3 N–H and O–H groups in total. The van der Waals surface area contributed by atoms with Crippen LogP contribution in [0.15, 0.2) is 53.7 Å². The molecule has 0 unspecified atom stereocenters. The molecule has 0 saturated heterocycles. The van der Waals surface area contributed by atoms with E-state index < -0.39 is 0 Å². The molecular weight excluding hydrogens is 310 g/mol. The lowest BCUT2D eigenvalue weighted by Gasteiger charge is -2.25. The number of rotatable bonds is 4. The molecular formula is C17H17N3O4. The molecule has 24 heavy (non-hydrogen) atoms. The summed E-state index contributed by atoms with van der Waals surface area (Å²) in [5.74, 6) is 0.614. The van der Waals surface area contributed by atoms with Gasteiger partial charge in [-0.15, -0.1) is 5.06 Å². The lowest BCUT2D eigenvalue weighted by atomic mass is 10.1. The zero-order valence-electron chi connectivity index (χ0n) is 12.8. The third-order valence-electron chi connectivity index (χ3n) is 3.90. The van der Waals surface area contributed by atoms with E-state index in [-0.39, 0.29) is 11.9 Å². The van der Waals surface area contributed by atoms with Gasteiger partial charge in [-0.25, -0.2) is 0 Å². The first-order valence-corrected chi connectivity index (χ1v) is 7.38. The fourth-order valence-corrected chi connectivity index (χ4v) is 2.67. The lowest BCUT2D eigenvalue weighted by Crippen LogP contribution is -2.30. The summed E-state index contributed by atoms with van der Waals surface area (Å²) in [6.45, 7) is 1.07. The third-order valence-corrected chi connectivity index (χ3v) is 3.90. The number of carbonyl (C=O) groups is 1. The summed E-state index contributed by atoms with van der Waals surface area (Å²) in [7, 11) is 0. The van der Waals surface area contributed by atoms with Gasteiger partial charge in [0.25, 0.3) is 0 Å². The molecule has 0 amide bonds. The van der Waals surface area contributed by atoms with Crippen LogP contribution >= 0.6 is 0 Å². The maximum Gasteiger partial charge on any atom is 0.313 e. The first kappa shape index (κ1) is 15.8. The number of hydroxylamine groups is 2. The second-order valence-corrected chi connectivity index (χ2v) is 5.32. The van der Waals surface area contributed by atoms with Crippen molar-refractivity contribution in [1.29, 1.82) is 0 Å². The summed E-state index contributed by atoms with van der Waals surface area (Å²) >= 11 is 0. The van der Waals surface area contributed by atoms with E-state index in [1.165, 1.54) is 0 Å². The Bertz CT molecular complexity index is 749. The van der Waals surface area contributed by atoms with Gasteiger partial charge < -0.3 is 20.5 Å². The summed E-state index contributed by atoms with van der Waals surface area (Å²) < 4.78 is 5.90. The minimum Gasteiger partial charge on any atom is -0.491 e.